The number of hydrogen-bond acceptors (Lipinski definition) is 4. The van der Waals surface area contributed by atoms with Crippen LogP contribution in [0.4, 0.5) is 0 Å². The van der Waals surface area contributed by atoms with Crippen molar-refractivity contribution in [3.05, 3.63) is 29.6 Å². The summed E-state index contributed by atoms with van der Waals surface area (Å²) >= 11 is 0. The van der Waals surface area contributed by atoms with Crippen LogP contribution >= 0.6 is 0 Å². The van der Waals surface area contributed by atoms with E-state index in [1.165, 1.54) is 6.20 Å². The summed E-state index contributed by atoms with van der Waals surface area (Å²) in [6.07, 6.45) is 6.50. The minimum atomic E-state index is -0.478. The number of amides is 1. The quantitative estimate of drug-likeness (QED) is 0.720. The predicted molar refractivity (Wildman–Crippen MR) is 78.5 cm³/mol. The maximum Gasteiger partial charge on any atom is 0.252 e. The first-order valence-corrected chi connectivity index (χ1v) is 7.25. The normalized spacial score (nSPS) is 21.2. The van der Waals surface area contributed by atoms with E-state index in [0.717, 1.165) is 25.7 Å². The highest BCUT2D eigenvalue weighted by Gasteiger charge is 2.25. The molecule has 1 fully saturated rings. The van der Waals surface area contributed by atoms with Crippen LogP contribution in [0, 0.1) is 11.8 Å². The topological polar surface area (TPSA) is 82.5 Å². The molecule has 0 radical (unpaired) electrons. The minimum absolute atomic E-state index is 0.0109. The predicted octanol–water partition coefficient (Wildman–Crippen LogP) is 0.849. The number of nitrogens with zero attached hydrogens (tertiary/aromatic N) is 1. The molecule has 1 aromatic heterocycles. The van der Waals surface area contributed by atoms with E-state index in [4.69, 9.17) is 5.11 Å². The first-order valence-electron chi connectivity index (χ1n) is 7.25. The Labute approximate surface area is 124 Å². The van der Waals surface area contributed by atoms with Gasteiger partial charge in [-0.3, -0.25) is 9.78 Å². The van der Waals surface area contributed by atoms with Crippen LogP contribution in [-0.4, -0.2) is 39.9 Å². The molecule has 112 valence electrons. The van der Waals surface area contributed by atoms with Crippen LogP contribution in [0.15, 0.2) is 18.5 Å². The Balaban J connectivity index is 2.10. The zero-order chi connectivity index (χ0) is 15.1. The van der Waals surface area contributed by atoms with Gasteiger partial charge in [-0.2, -0.15) is 0 Å². The van der Waals surface area contributed by atoms with Crippen LogP contribution in [-0.2, 0) is 0 Å². The first kappa shape index (κ1) is 15.5. The van der Waals surface area contributed by atoms with Gasteiger partial charge in [0, 0.05) is 18.8 Å². The average molecular weight is 288 g/mol. The molecule has 2 unspecified atom stereocenters. The van der Waals surface area contributed by atoms with Gasteiger partial charge in [-0.05, 0) is 18.9 Å². The number of aliphatic hydroxyl groups is 2. The Kier molecular flexibility index (Phi) is 5.73. The van der Waals surface area contributed by atoms with Gasteiger partial charge < -0.3 is 15.5 Å². The number of pyridine rings is 1. The molecule has 1 amide bonds. The van der Waals surface area contributed by atoms with Crippen molar-refractivity contribution in [1.82, 2.24) is 10.3 Å². The lowest BCUT2D eigenvalue weighted by molar-refractivity contribution is 0.0717. The summed E-state index contributed by atoms with van der Waals surface area (Å²) in [4.78, 5) is 16.3. The van der Waals surface area contributed by atoms with E-state index in [1.807, 2.05) is 0 Å². The highest BCUT2D eigenvalue weighted by atomic mass is 16.3. The zero-order valence-corrected chi connectivity index (χ0v) is 11.9. The molecule has 0 saturated heterocycles. The molecule has 3 N–H and O–H groups in total. The van der Waals surface area contributed by atoms with Gasteiger partial charge in [-0.1, -0.05) is 24.7 Å². The summed E-state index contributed by atoms with van der Waals surface area (Å²) in [6.45, 7) is -0.0109. The number of nitrogens with one attached hydrogen (secondary N) is 1. The van der Waals surface area contributed by atoms with Crippen LogP contribution in [0.1, 0.15) is 48.0 Å². The lowest BCUT2D eigenvalue weighted by Crippen LogP contribution is -2.45. The van der Waals surface area contributed by atoms with Gasteiger partial charge in [-0.15, -0.1) is 0 Å². The van der Waals surface area contributed by atoms with Crippen LogP contribution in [0.2, 0.25) is 0 Å². The van der Waals surface area contributed by atoms with E-state index in [2.05, 4.69) is 22.1 Å². The number of aliphatic hydroxyl groups excluding tert-OH is 2. The number of carbonyl (C=O) groups is 1. The van der Waals surface area contributed by atoms with E-state index in [0.29, 0.717) is 17.5 Å². The summed E-state index contributed by atoms with van der Waals surface area (Å²) in [5, 5.41) is 21.5. The molecule has 2 atom stereocenters. The second kappa shape index (κ2) is 7.77. The number of hydrogen-bond donors (Lipinski definition) is 3. The molecule has 1 aliphatic carbocycles. The Morgan fingerprint density at radius 1 is 1.43 bits per heavy atom. The molecule has 0 spiro atoms. The van der Waals surface area contributed by atoms with Crippen LogP contribution in [0.5, 0.6) is 0 Å². The fraction of sp³-hybridized carbons (Fsp3) is 0.500. The van der Waals surface area contributed by atoms with Gasteiger partial charge in [0.1, 0.15) is 0 Å². The second-order valence-electron chi connectivity index (χ2n) is 5.13. The van der Waals surface area contributed by atoms with Crippen molar-refractivity contribution in [3.8, 4) is 11.8 Å². The zero-order valence-electron chi connectivity index (χ0n) is 11.9. The molecular formula is C16H20N2O3. The lowest BCUT2D eigenvalue weighted by atomic mass is 9.92. The van der Waals surface area contributed by atoms with Gasteiger partial charge in [0.25, 0.3) is 5.91 Å². The monoisotopic (exact) mass is 288 g/mol. The van der Waals surface area contributed by atoms with Gasteiger partial charge in [-0.25, -0.2) is 0 Å². The molecular weight excluding hydrogens is 268 g/mol. The van der Waals surface area contributed by atoms with Crippen molar-refractivity contribution < 1.29 is 15.0 Å². The highest BCUT2D eigenvalue weighted by molar-refractivity contribution is 5.96. The first-order chi connectivity index (χ1) is 10.2. The molecule has 0 bridgehead atoms. The fourth-order valence-corrected chi connectivity index (χ4v) is 2.43. The summed E-state index contributed by atoms with van der Waals surface area (Å²) in [5.74, 6) is 5.40. The van der Waals surface area contributed by atoms with Crippen LogP contribution in [0.25, 0.3) is 0 Å². The molecule has 1 heterocycles. The van der Waals surface area contributed by atoms with Gasteiger partial charge in [0.2, 0.25) is 0 Å². The Hall–Kier alpha value is -1.90. The minimum Gasteiger partial charge on any atom is -0.395 e. The number of aromatic nitrogens is 1. The lowest BCUT2D eigenvalue weighted by Gasteiger charge is -2.28. The van der Waals surface area contributed by atoms with Gasteiger partial charge in [0.15, 0.2) is 0 Å². The molecule has 5 nitrogen and oxygen atoms in total. The number of carbonyl (C=O) groups excluding carboxylic acids is 1. The van der Waals surface area contributed by atoms with E-state index < -0.39 is 6.10 Å². The van der Waals surface area contributed by atoms with Crippen LogP contribution < -0.4 is 5.32 Å². The molecule has 1 aromatic rings. The molecule has 1 saturated carbocycles. The fourth-order valence-electron chi connectivity index (χ4n) is 2.43. The van der Waals surface area contributed by atoms with E-state index >= 15 is 0 Å². The van der Waals surface area contributed by atoms with E-state index in [-0.39, 0.29) is 18.6 Å². The van der Waals surface area contributed by atoms with E-state index in [1.54, 1.807) is 12.3 Å². The van der Waals surface area contributed by atoms with Crippen molar-refractivity contribution >= 4 is 5.91 Å². The summed E-state index contributed by atoms with van der Waals surface area (Å²) < 4.78 is 0. The van der Waals surface area contributed by atoms with Crippen molar-refractivity contribution in [2.24, 2.45) is 0 Å². The molecule has 0 aromatic carbocycles. The SMILES string of the molecule is O=C(NC1CCCCC1O)c1ccncc1C#CCCO. The third-order valence-corrected chi connectivity index (χ3v) is 3.57. The standard InChI is InChI=1S/C16H20N2O3/c19-10-4-3-5-12-11-17-9-8-13(12)16(21)18-14-6-1-2-7-15(14)20/h8-9,11,14-15,19-20H,1-2,4,6-7,10H2,(H,18,21). The molecule has 0 aliphatic heterocycles. The third kappa shape index (κ3) is 4.28. The van der Waals surface area contributed by atoms with Crippen molar-refractivity contribution in [2.75, 3.05) is 6.61 Å². The van der Waals surface area contributed by atoms with Crippen molar-refractivity contribution in [1.29, 1.82) is 0 Å². The van der Waals surface area contributed by atoms with Gasteiger partial charge in [0.05, 0.1) is 29.9 Å². The Bertz CT molecular complexity index is 548. The largest absolute Gasteiger partial charge is 0.395 e. The third-order valence-electron chi connectivity index (χ3n) is 3.57. The van der Waals surface area contributed by atoms with Gasteiger partial charge >= 0.3 is 0 Å². The smallest absolute Gasteiger partial charge is 0.252 e. The van der Waals surface area contributed by atoms with Crippen LogP contribution in [0.3, 0.4) is 0 Å². The Morgan fingerprint density at radius 2 is 2.24 bits per heavy atom. The second-order valence-corrected chi connectivity index (χ2v) is 5.13. The Morgan fingerprint density at radius 3 is 3.00 bits per heavy atom. The summed E-state index contributed by atoms with van der Waals surface area (Å²) in [6, 6.07) is 1.42. The molecule has 21 heavy (non-hydrogen) atoms. The summed E-state index contributed by atoms with van der Waals surface area (Å²) in [5.41, 5.74) is 0.988. The number of rotatable bonds is 3. The molecule has 5 heteroatoms. The molecule has 2 rings (SSSR count). The average Bonchev–Trinajstić information content (AvgIpc) is 2.50. The maximum absolute atomic E-state index is 12.3. The summed E-state index contributed by atoms with van der Waals surface area (Å²) in [7, 11) is 0. The molecule has 1 aliphatic rings. The van der Waals surface area contributed by atoms with Crippen molar-refractivity contribution in [2.45, 2.75) is 44.2 Å². The maximum atomic E-state index is 12.3. The van der Waals surface area contributed by atoms with Crippen molar-refractivity contribution in [3.63, 3.8) is 0 Å². The van der Waals surface area contributed by atoms with E-state index in [9.17, 15) is 9.90 Å². The highest BCUT2D eigenvalue weighted by Crippen LogP contribution is 2.19.